The fraction of sp³-hybridized carbons (Fsp3) is 0.435. The Morgan fingerprint density at radius 3 is 2.71 bits per heavy atom. The first-order valence-corrected chi connectivity index (χ1v) is 11.1. The first-order chi connectivity index (χ1) is 15.0. The topological polar surface area (TPSA) is 74.8 Å². The van der Waals surface area contributed by atoms with E-state index in [1.807, 2.05) is 24.0 Å². The van der Waals surface area contributed by atoms with Crippen molar-refractivity contribution in [3.05, 3.63) is 52.7 Å². The summed E-state index contributed by atoms with van der Waals surface area (Å²) in [5.74, 6) is 0.302. The number of likely N-dealkylation sites (tertiary alicyclic amines) is 2. The van der Waals surface area contributed by atoms with Crippen LogP contribution in [0.1, 0.15) is 41.6 Å². The Hall–Kier alpha value is -2.80. The highest BCUT2D eigenvalue weighted by molar-refractivity contribution is 6.33. The van der Waals surface area contributed by atoms with Crippen molar-refractivity contribution < 1.29 is 14.3 Å². The Labute approximate surface area is 187 Å². The largest absolute Gasteiger partial charge is 0.472 e. The van der Waals surface area contributed by atoms with E-state index >= 15 is 0 Å². The average Bonchev–Trinajstić information content (AvgIpc) is 3.25. The maximum Gasteiger partial charge on any atom is 0.322 e. The van der Waals surface area contributed by atoms with Crippen molar-refractivity contribution in [2.45, 2.75) is 38.7 Å². The van der Waals surface area contributed by atoms with Crippen molar-refractivity contribution >= 4 is 29.2 Å². The van der Waals surface area contributed by atoms with Crippen LogP contribution in [0, 0.1) is 6.92 Å². The fourth-order valence-corrected chi connectivity index (χ4v) is 4.28. The fourth-order valence-electron chi connectivity index (χ4n) is 4.00. The molecule has 164 valence electrons. The molecule has 2 aromatic rings. The van der Waals surface area contributed by atoms with Gasteiger partial charge in [-0.1, -0.05) is 17.7 Å². The molecule has 2 saturated heterocycles. The van der Waals surface area contributed by atoms with Gasteiger partial charge >= 0.3 is 6.03 Å². The van der Waals surface area contributed by atoms with E-state index in [-0.39, 0.29) is 18.0 Å². The third-order valence-electron chi connectivity index (χ3n) is 5.72. The number of hydrogen-bond acceptors (Lipinski definition) is 4. The zero-order valence-electron chi connectivity index (χ0n) is 17.6. The van der Waals surface area contributed by atoms with E-state index in [0.29, 0.717) is 41.7 Å². The van der Waals surface area contributed by atoms with Gasteiger partial charge in [-0.15, -0.1) is 0 Å². The van der Waals surface area contributed by atoms with E-state index in [9.17, 15) is 9.59 Å². The molecule has 1 aromatic carbocycles. The second kappa shape index (κ2) is 9.56. The lowest BCUT2D eigenvalue weighted by molar-refractivity contribution is 0.0715. The van der Waals surface area contributed by atoms with Crippen molar-refractivity contribution in [3.8, 4) is 5.88 Å². The quantitative estimate of drug-likeness (QED) is 0.763. The molecule has 2 aliphatic rings. The molecule has 3 heterocycles. The van der Waals surface area contributed by atoms with Gasteiger partial charge in [0.15, 0.2) is 0 Å². The summed E-state index contributed by atoms with van der Waals surface area (Å²) in [6.07, 6.45) is 5.29. The maximum absolute atomic E-state index is 12.9. The molecule has 4 rings (SSSR count). The summed E-state index contributed by atoms with van der Waals surface area (Å²) in [6, 6.07) is 8.81. The zero-order chi connectivity index (χ0) is 21.8. The Morgan fingerprint density at radius 1 is 1.13 bits per heavy atom. The summed E-state index contributed by atoms with van der Waals surface area (Å²) in [6.45, 7) is 4.46. The second-order valence-corrected chi connectivity index (χ2v) is 8.50. The van der Waals surface area contributed by atoms with Crippen molar-refractivity contribution in [1.29, 1.82) is 0 Å². The third kappa shape index (κ3) is 5.10. The number of amides is 3. The van der Waals surface area contributed by atoms with Gasteiger partial charge in [0.25, 0.3) is 5.91 Å². The smallest absolute Gasteiger partial charge is 0.322 e. The predicted octanol–water partition coefficient (Wildman–Crippen LogP) is 4.35. The molecular formula is C23H27ClN4O3. The van der Waals surface area contributed by atoms with Gasteiger partial charge < -0.3 is 19.9 Å². The lowest BCUT2D eigenvalue weighted by atomic mass is 10.1. The summed E-state index contributed by atoms with van der Waals surface area (Å²) >= 11 is 6.23. The number of benzene rings is 1. The van der Waals surface area contributed by atoms with Gasteiger partial charge in [-0.05, 0) is 56.0 Å². The molecule has 2 fully saturated rings. The minimum absolute atomic E-state index is 0.0376. The van der Waals surface area contributed by atoms with Crippen LogP contribution in [0.2, 0.25) is 5.02 Å². The monoisotopic (exact) mass is 442 g/mol. The van der Waals surface area contributed by atoms with E-state index in [1.54, 1.807) is 29.3 Å². The number of carbonyl (C=O) groups is 2. The molecular weight excluding hydrogens is 416 g/mol. The van der Waals surface area contributed by atoms with Crippen LogP contribution in [0.3, 0.4) is 0 Å². The van der Waals surface area contributed by atoms with E-state index < -0.39 is 0 Å². The van der Waals surface area contributed by atoms with Gasteiger partial charge in [0.1, 0.15) is 11.7 Å². The number of pyridine rings is 1. The molecule has 0 saturated carbocycles. The van der Waals surface area contributed by atoms with Gasteiger partial charge in [0.2, 0.25) is 5.88 Å². The van der Waals surface area contributed by atoms with Crippen LogP contribution in [0.25, 0.3) is 0 Å². The molecule has 0 aliphatic carbocycles. The molecule has 7 nitrogen and oxygen atoms in total. The van der Waals surface area contributed by atoms with Gasteiger partial charge in [0.05, 0.1) is 17.3 Å². The summed E-state index contributed by atoms with van der Waals surface area (Å²) < 4.78 is 6.08. The first-order valence-electron chi connectivity index (χ1n) is 10.7. The third-order valence-corrected chi connectivity index (χ3v) is 6.03. The number of anilines is 1. The number of nitrogens with zero attached hydrogens (tertiary/aromatic N) is 3. The minimum Gasteiger partial charge on any atom is -0.472 e. The number of rotatable bonds is 4. The summed E-state index contributed by atoms with van der Waals surface area (Å²) in [5, 5.41) is 3.37. The van der Waals surface area contributed by atoms with Crippen LogP contribution in [-0.4, -0.2) is 59.0 Å². The molecule has 1 N–H and O–H groups in total. The van der Waals surface area contributed by atoms with E-state index in [1.165, 1.54) is 0 Å². The molecule has 1 atom stereocenters. The number of urea groups is 1. The normalized spacial score (nSPS) is 18.7. The van der Waals surface area contributed by atoms with E-state index in [4.69, 9.17) is 16.3 Å². The first kappa shape index (κ1) is 21.4. The number of halogens is 1. The SMILES string of the molecule is Cc1ccc(NC(=O)N2CC[C@H](Oc3ncccc3C(=O)N3CCCCC3)C2)c(Cl)c1. The number of hydrogen-bond donors (Lipinski definition) is 1. The minimum atomic E-state index is -0.220. The van der Waals surface area contributed by atoms with Crippen LogP contribution in [-0.2, 0) is 0 Å². The van der Waals surface area contributed by atoms with Crippen molar-refractivity contribution in [2.24, 2.45) is 0 Å². The van der Waals surface area contributed by atoms with Crippen LogP contribution in [0.4, 0.5) is 10.5 Å². The van der Waals surface area contributed by atoms with E-state index in [0.717, 1.165) is 37.9 Å². The van der Waals surface area contributed by atoms with Crippen molar-refractivity contribution in [3.63, 3.8) is 0 Å². The van der Waals surface area contributed by atoms with Crippen LogP contribution >= 0.6 is 11.6 Å². The van der Waals surface area contributed by atoms with Gasteiger partial charge in [-0.3, -0.25) is 4.79 Å². The van der Waals surface area contributed by atoms with Gasteiger partial charge in [-0.2, -0.15) is 0 Å². The summed E-state index contributed by atoms with van der Waals surface area (Å²) in [5.41, 5.74) is 2.10. The lowest BCUT2D eigenvalue weighted by Crippen LogP contribution is -2.36. The maximum atomic E-state index is 12.9. The number of nitrogens with one attached hydrogen (secondary N) is 1. The van der Waals surface area contributed by atoms with Crippen LogP contribution in [0.15, 0.2) is 36.5 Å². The number of aryl methyl sites for hydroxylation is 1. The molecule has 1 aromatic heterocycles. The molecule has 0 bridgehead atoms. The Bertz CT molecular complexity index is 962. The number of piperidine rings is 1. The van der Waals surface area contributed by atoms with E-state index in [2.05, 4.69) is 10.3 Å². The zero-order valence-corrected chi connectivity index (χ0v) is 18.4. The molecule has 0 unspecified atom stereocenters. The molecule has 31 heavy (non-hydrogen) atoms. The number of carbonyl (C=O) groups excluding carboxylic acids is 2. The molecule has 2 aliphatic heterocycles. The lowest BCUT2D eigenvalue weighted by Gasteiger charge is -2.27. The number of aromatic nitrogens is 1. The van der Waals surface area contributed by atoms with Crippen molar-refractivity contribution in [1.82, 2.24) is 14.8 Å². The summed E-state index contributed by atoms with van der Waals surface area (Å²) in [4.78, 5) is 33.5. The Kier molecular flexibility index (Phi) is 6.61. The molecule has 8 heteroatoms. The standard InChI is InChI=1S/C23H27ClN4O3/c1-16-7-8-20(19(24)14-16)26-23(30)28-13-9-17(15-28)31-21-18(6-5-10-25-21)22(29)27-11-3-2-4-12-27/h5-8,10,14,17H,2-4,9,11-13,15H2,1H3,(H,26,30)/t17-/m0/s1. The van der Waals surface area contributed by atoms with Crippen molar-refractivity contribution in [2.75, 3.05) is 31.5 Å². The highest BCUT2D eigenvalue weighted by atomic mass is 35.5. The molecule has 0 spiro atoms. The highest BCUT2D eigenvalue weighted by Gasteiger charge is 2.30. The Balaban J connectivity index is 1.38. The summed E-state index contributed by atoms with van der Waals surface area (Å²) in [7, 11) is 0. The predicted molar refractivity (Wildman–Crippen MR) is 120 cm³/mol. The van der Waals surface area contributed by atoms with Gasteiger partial charge in [-0.25, -0.2) is 9.78 Å². The van der Waals surface area contributed by atoms with Crippen LogP contribution < -0.4 is 10.1 Å². The average molecular weight is 443 g/mol. The second-order valence-electron chi connectivity index (χ2n) is 8.10. The van der Waals surface area contributed by atoms with Gasteiger partial charge in [0, 0.05) is 32.3 Å². The highest BCUT2D eigenvalue weighted by Crippen LogP contribution is 2.25. The molecule has 0 radical (unpaired) electrons. The number of ether oxygens (including phenoxy) is 1. The van der Waals surface area contributed by atoms with Crippen LogP contribution in [0.5, 0.6) is 5.88 Å². The molecule has 3 amide bonds. The Morgan fingerprint density at radius 2 is 1.94 bits per heavy atom.